The number of carbonyl (C=O) groups excluding carboxylic acids is 1. The van der Waals surface area contributed by atoms with E-state index in [1.54, 1.807) is 18.3 Å². The predicted octanol–water partition coefficient (Wildman–Crippen LogP) is 3.39. The molecule has 1 aromatic carbocycles. The van der Waals surface area contributed by atoms with Crippen LogP contribution in [0.25, 0.3) is 0 Å². The fraction of sp³-hybridized carbons (Fsp3) is 0.133. The summed E-state index contributed by atoms with van der Waals surface area (Å²) in [7, 11) is 0. The third kappa shape index (κ3) is 3.74. The molecule has 0 unspecified atom stereocenters. The Hall–Kier alpha value is -2.01. The number of carbonyl (C=O) groups is 1. The van der Waals surface area contributed by atoms with Crippen LogP contribution in [-0.4, -0.2) is 16.6 Å². The van der Waals surface area contributed by atoms with Crippen LogP contribution in [0.3, 0.4) is 0 Å². The second-order valence-corrected chi connectivity index (χ2v) is 5.02. The molecule has 4 nitrogen and oxygen atoms in total. The van der Waals surface area contributed by atoms with Gasteiger partial charge in [-0.15, -0.1) is 0 Å². The topological polar surface area (TPSA) is 54.4 Å². The van der Waals surface area contributed by atoms with E-state index in [1.807, 2.05) is 31.2 Å². The number of hydrogen-bond donors (Lipinski definition) is 1. The second kappa shape index (κ2) is 6.96. The number of hydrazone groups is 1. The molecule has 1 amide bonds. The van der Waals surface area contributed by atoms with Crippen molar-refractivity contribution in [3.8, 4) is 0 Å². The second-order valence-electron chi connectivity index (χ2n) is 4.11. The first kappa shape index (κ1) is 14.4. The van der Waals surface area contributed by atoms with Gasteiger partial charge >= 0.3 is 0 Å². The van der Waals surface area contributed by atoms with Crippen molar-refractivity contribution < 1.29 is 4.79 Å². The summed E-state index contributed by atoms with van der Waals surface area (Å²) >= 11 is 3.43. The third-order valence-electron chi connectivity index (χ3n) is 2.71. The standard InChI is InChI=1S/C15H14BrN3O/c1-2-14(11-5-3-7-13(16)9-11)18-19-15(20)12-6-4-8-17-10-12/h3-10H,2H2,1H3,(H,19,20)/b18-14-. The molecule has 0 aliphatic carbocycles. The van der Waals surface area contributed by atoms with Crippen molar-refractivity contribution in [2.75, 3.05) is 0 Å². The molecule has 1 N–H and O–H groups in total. The minimum Gasteiger partial charge on any atom is -0.267 e. The SMILES string of the molecule is CC/C(=N/NC(=O)c1cccnc1)c1cccc(Br)c1. The summed E-state index contributed by atoms with van der Waals surface area (Å²) in [5.41, 5.74) is 4.85. The smallest absolute Gasteiger partial charge is 0.267 e. The van der Waals surface area contributed by atoms with Gasteiger partial charge in [-0.25, -0.2) is 5.43 Å². The van der Waals surface area contributed by atoms with Gasteiger partial charge in [0, 0.05) is 16.9 Å². The number of aromatic nitrogens is 1. The quantitative estimate of drug-likeness (QED) is 0.689. The molecule has 102 valence electrons. The summed E-state index contributed by atoms with van der Waals surface area (Å²) in [6.07, 6.45) is 3.86. The monoisotopic (exact) mass is 331 g/mol. The van der Waals surface area contributed by atoms with E-state index in [-0.39, 0.29) is 5.91 Å². The van der Waals surface area contributed by atoms with Gasteiger partial charge in [0.1, 0.15) is 0 Å². The van der Waals surface area contributed by atoms with Gasteiger partial charge in [-0.05, 0) is 36.2 Å². The van der Waals surface area contributed by atoms with Crippen molar-refractivity contribution in [1.29, 1.82) is 0 Å². The van der Waals surface area contributed by atoms with E-state index in [0.29, 0.717) is 5.56 Å². The van der Waals surface area contributed by atoms with Crippen LogP contribution in [0.15, 0.2) is 58.4 Å². The molecule has 0 saturated heterocycles. The molecule has 0 radical (unpaired) electrons. The Balaban J connectivity index is 2.14. The molecule has 20 heavy (non-hydrogen) atoms. The highest BCUT2D eigenvalue weighted by Crippen LogP contribution is 2.13. The molecule has 0 aliphatic rings. The van der Waals surface area contributed by atoms with E-state index in [1.165, 1.54) is 6.20 Å². The van der Waals surface area contributed by atoms with Crippen LogP contribution in [0.5, 0.6) is 0 Å². The summed E-state index contributed by atoms with van der Waals surface area (Å²) in [5, 5.41) is 4.20. The van der Waals surface area contributed by atoms with Gasteiger partial charge in [-0.2, -0.15) is 5.10 Å². The normalized spacial score (nSPS) is 11.2. The summed E-state index contributed by atoms with van der Waals surface area (Å²) in [6.45, 7) is 2.00. The molecule has 2 aromatic rings. The van der Waals surface area contributed by atoms with Gasteiger partial charge in [0.25, 0.3) is 5.91 Å². The van der Waals surface area contributed by atoms with Gasteiger partial charge < -0.3 is 0 Å². The van der Waals surface area contributed by atoms with Crippen LogP contribution in [0.4, 0.5) is 0 Å². The lowest BCUT2D eigenvalue weighted by Gasteiger charge is -2.05. The highest BCUT2D eigenvalue weighted by Gasteiger charge is 2.06. The fourth-order valence-electron chi connectivity index (χ4n) is 1.70. The van der Waals surface area contributed by atoms with Crippen molar-refractivity contribution in [3.05, 3.63) is 64.4 Å². The molecular weight excluding hydrogens is 318 g/mol. The Bertz CT molecular complexity index is 626. The van der Waals surface area contributed by atoms with Crippen LogP contribution in [0.1, 0.15) is 29.3 Å². The number of nitrogens with one attached hydrogen (secondary N) is 1. The molecule has 0 atom stereocenters. The lowest BCUT2D eigenvalue weighted by molar-refractivity contribution is 0.0954. The molecule has 0 fully saturated rings. The van der Waals surface area contributed by atoms with Crippen molar-refractivity contribution in [2.45, 2.75) is 13.3 Å². The Labute approximate surface area is 126 Å². The third-order valence-corrected chi connectivity index (χ3v) is 3.20. The largest absolute Gasteiger partial charge is 0.272 e. The summed E-state index contributed by atoms with van der Waals surface area (Å²) in [4.78, 5) is 15.8. The van der Waals surface area contributed by atoms with E-state index < -0.39 is 0 Å². The Morgan fingerprint density at radius 2 is 2.10 bits per heavy atom. The van der Waals surface area contributed by atoms with Gasteiger partial charge in [0.2, 0.25) is 0 Å². The molecule has 5 heteroatoms. The summed E-state index contributed by atoms with van der Waals surface area (Å²) in [6, 6.07) is 11.2. The predicted molar refractivity (Wildman–Crippen MR) is 82.7 cm³/mol. The minimum atomic E-state index is -0.265. The fourth-order valence-corrected chi connectivity index (χ4v) is 2.09. The molecule has 2 rings (SSSR count). The van der Waals surface area contributed by atoms with Gasteiger partial charge in [0.05, 0.1) is 11.3 Å². The number of hydrogen-bond acceptors (Lipinski definition) is 3. The van der Waals surface area contributed by atoms with Crippen LogP contribution in [0, 0.1) is 0 Å². The lowest BCUT2D eigenvalue weighted by Crippen LogP contribution is -2.20. The number of pyridine rings is 1. The zero-order valence-corrected chi connectivity index (χ0v) is 12.6. The summed E-state index contributed by atoms with van der Waals surface area (Å²) in [5.74, 6) is -0.265. The zero-order valence-electron chi connectivity index (χ0n) is 11.0. The van der Waals surface area contributed by atoms with Crippen LogP contribution in [0.2, 0.25) is 0 Å². The highest BCUT2D eigenvalue weighted by atomic mass is 79.9. The molecule has 0 saturated carbocycles. The molecule has 0 aliphatic heterocycles. The van der Waals surface area contributed by atoms with Crippen molar-refractivity contribution in [2.24, 2.45) is 5.10 Å². The molecular formula is C15H14BrN3O. The van der Waals surface area contributed by atoms with Crippen LogP contribution >= 0.6 is 15.9 Å². The molecule has 1 heterocycles. The van der Waals surface area contributed by atoms with Crippen molar-refractivity contribution in [3.63, 3.8) is 0 Å². The Morgan fingerprint density at radius 1 is 1.30 bits per heavy atom. The van der Waals surface area contributed by atoms with Crippen molar-refractivity contribution in [1.82, 2.24) is 10.4 Å². The first-order chi connectivity index (χ1) is 9.70. The number of halogens is 1. The number of amides is 1. The van der Waals surface area contributed by atoms with E-state index in [9.17, 15) is 4.79 Å². The molecule has 1 aromatic heterocycles. The van der Waals surface area contributed by atoms with Crippen LogP contribution < -0.4 is 5.43 Å². The van der Waals surface area contributed by atoms with Crippen molar-refractivity contribution >= 4 is 27.5 Å². The molecule has 0 bridgehead atoms. The van der Waals surface area contributed by atoms with Gasteiger partial charge in [0.15, 0.2) is 0 Å². The zero-order chi connectivity index (χ0) is 14.4. The maximum absolute atomic E-state index is 11.9. The van der Waals surface area contributed by atoms with E-state index >= 15 is 0 Å². The Morgan fingerprint density at radius 3 is 2.75 bits per heavy atom. The average molecular weight is 332 g/mol. The van der Waals surface area contributed by atoms with Gasteiger partial charge in [-0.3, -0.25) is 9.78 Å². The Kier molecular flexibility index (Phi) is 5.01. The number of benzene rings is 1. The molecule has 0 spiro atoms. The highest BCUT2D eigenvalue weighted by molar-refractivity contribution is 9.10. The van der Waals surface area contributed by atoms with E-state index in [4.69, 9.17) is 0 Å². The number of nitrogens with zero attached hydrogens (tertiary/aromatic N) is 2. The first-order valence-electron chi connectivity index (χ1n) is 6.23. The van der Waals surface area contributed by atoms with E-state index in [0.717, 1.165) is 22.2 Å². The lowest BCUT2D eigenvalue weighted by atomic mass is 10.1. The first-order valence-corrected chi connectivity index (χ1v) is 7.03. The maximum Gasteiger partial charge on any atom is 0.272 e. The van der Waals surface area contributed by atoms with Gasteiger partial charge in [-0.1, -0.05) is 35.0 Å². The van der Waals surface area contributed by atoms with E-state index in [2.05, 4.69) is 31.4 Å². The minimum absolute atomic E-state index is 0.265. The van der Waals surface area contributed by atoms with Crippen LogP contribution in [-0.2, 0) is 0 Å². The average Bonchev–Trinajstić information content (AvgIpc) is 2.48. The summed E-state index contributed by atoms with van der Waals surface area (Å²) < 4.78 is 0.981. The number of rotatable bonds is 4. The maximum atomic E-state index is 11.9.